The van der Waals surface area contributed by atoms with Crippen LogP contribution in [0.15, 0.2) is 12.2 Å². The first-order chi connectivity index (χ1) is 8.50. The Bertz CT molecular complexity index is 414. The minimum atomic E-state index is -3.17. The molecule has 0 aliphatic heterocycles. The number of carbonyl (C=O) groups is 2. The van der Waals surface area contributed by atoms with Crippen LogP contribution >= 0.6 is 0 Å². The molecule has 0 spiro atoms. The van der Waals surface area contributed by atoms with Crippen LogP contribution < -0.4 is 5.32 Å². The normalized spacial score (nSPS) is 22.4. The number of rotatable bonds is 3. The van der Waals surface area contributed by atoms with Crippen molar-refractivity contribution < 1.29 is 27.8 Å². The number of alkyl carbamates (subject to hydrolysis) is 1. The van der Waals surface area contributed by atoms with Gasteiger partial charge in [-0.1, -0.05) is 6.58 Å². The zero-order valence-corrected chi connectivity index (χ0v) is 11.3. The van der Waals surface area contributed by atoms with E-state index < -0.39 is 41.1 Å². The first kappa shape index (κ1) is 15.4. The molecule has 0 aromatic rings. The van der Waals surface area contributed by atoms with Crippen molar-refractivity contribution in [2.24, 2.45) is 5.92 Å². The number of esters is 1. The van der Waals surface area contributed by atoms with Gasteiger partial charge in [0.05, 0.1) is 13.0 Å². The summed E-state index contributed by atoms with van der Waals surface area (Å²) in [6.45, 7) is 8.02. The minimum Gasteiger partial charge on any atom is -0.467 e. The van der Waals surface area contributed by atoms with E-state index in [2.05, 4.69) is 16.6 Å². The Morgan fingerprint density at radius 3 is 2.21 bits per heavy atom. The van der Waals surface area contributed by atoms with Crippen LogP contribution in [0.2, 0.25) is 0 Å². The third kappa shape index (κ3) is 3.42. The molecule has 0 bridgehead atoms. The van der Waals surface area contributed by atoms with Gasteiger partial charge in [-0.2, -0.15) is 0 Å². The van der Waals surface area contributed by atoms with E-state index in [9.17, 15) is 18.4 Å². The molecule has 0 aromatic carbocycles. The maximum Gasteiger partial charge on any atom is 0.408 e. The van der Waals surface area contributed by atoms with Crippen molar-refractivity contribution in [3.05, 3.63) is 12.2 Å². The highest BCUT2D eigenvalue weighted by molar-refractivity contribution is 5.83. The molecule has 0 saturated heterocycles. The average molecular weight is 277 g/mol. The zero-order chi connectivity index (χ0) is 15.0. The van der Waals surface area contributed by atoms with Gasteiger partial charge in [-0.05, 0) is 20.8 Å². The molecule has 1 saturated carbocycles. The molecule has 1 rings (SSSR count). The summed E-state index contributed by atoms with van der Waals surface area (Å²) in [4.78, 5) is 23.0. The van der Waals surface area contributed by atoms with Gasteiger partial charge in [0.1, 0.15) is 11.6 Å². The van der Waals surface area contributed by atoms with E-state index in [0.29, 0.717) is 0 Å². The number of carbonyl (C=O) groups excluding carboxylic acids is 2. The standard InChI is InChI=1S/C12H17F2NO4/c1-6-7(12(6,13)14)8(9(16)18-5)15-10(17)19-11(2,3)4/h7-8H,1H2,2-5H3,(H,15,17)/t7-,8-/m1/s1. The summed E-state index contributed by atoms with van der Waals surface area (Å²) in [5.74, 6) is -5.59. The molecule has 1 N–H and O–H groups in total. The number of halogens is 2. The second-order valence-corrected chi connectivity index (χ2v) is 5.27. The van der Waals surface area contributed by atoms with E-state index in [1.165, 1.54) is 0 Å². The summed E-state index contributed by atoms with van der Waals surface area (Å²) in [6.07, 6.45) is -0.960. The van der Waals surface area contributed by atoms with Crippen LogP contribution in [-0.4, -0.2) is 36.7 Å². The number of hydrogen-bond acceptors (Lipinski definition) is 4. The van der Waals surface area contributed by atoms with E-state index in [0.717, 1.165) is 7.11 Å². The van der Waals surface area contributed by atoms with Gasteiger partial charge in [0.25, 0.3) is 5.92 Å². The first-order valence-electron chi connectivity index (χ1n) is 5.65. The number of ether oxygens (including phenoxy) is 2. The maximum atomic E-state index is 13.2. The highest BCUT2D eigenvalue weighted by Crippen LogP contribution is 2.55. The smallest absolute Gasteiger partial charge is 0.408 e. The fourth-order valence-electron chi connectivity index (χ4n) is 1.60. The lowest BCUT2D eigenvalue weighted by molar-refractivity contribution is -0.144. The molecule has 1 aliphatic carbocycles. The van der Waals surface area contributed by atoms with Gasteiger partial charge in [0.15, 0.2) is 0 Å². The number of methoxy groups -OCH3 is 1. The SMILES string of the molecule is C=C1[C@H]([C@@H](NC(=O)OC(C)(C)C)C(=O)OC)C1(F)F. The lowest BCUT2D eigenvalue weighted by Gasteiger charge is -2.22. The minimum absolute atomic E-state index is 0.404. The Balaban J connectivity index is 2.76. The highest BCUT2D eigenvalue weighted by Gasteiger charge is 2.67. The van der Waals surface area contributed by atoms with E-state index in [1.54, 1.807) is 20.8 Å². The lowest BCUT2D eigenvalue weighted by atomic mass is 10.1. The van der Waals surface area contributed by atoms with Crippen LogP contribution in [0.4, 0.5) is 13.6 Å². The Kier molecular flexibility index (Phi) is 3.88. The molecule has 1 aliphatic rings. The summed E-state index contributed by atoms with van der Waals surface area (Å²) in [5.41, 5.74) is -1.20. The molecule has 108 valence electrons. The fourth-order valence-corrected chi connectivity index (χ4v) is 1.60. The summed E-state index contributed by atoms with van der Waals surface area (Å²) in [6, 6.07) is -1.50. The molecular weight excluding hydrogens is 260 g/mol. The second kappa shape index (κ2) is 4.79. The van der Waals surface area contributed by atoms with Gasteiger partial charge in [0.2, 0.25) is 0 Å². The lowest BCUT2D eigenvalue weighted by Crippen LogP contribution is -2.46. The highest BCUT2D eigenvalue weighted by atomic mass is 19.3. The predicted octanol–water partition coefficient (Wildman–Crippen LogP) is 1.87. The quantitative estimate of drug-likeness (QED) is 0.632. The molecule has 1 amide bonds. The largest absolute Gasteiger partial charge is 0.467 e. The van der Waals surface area contributed by atoms with Crippen molar-refractivity contribution in [1.29, 1.82) is 0 Å². The molecule has 0 heterocycles. The molecule has 7 heteroatoms. The summed E-state index contributed by atoms with van der Waals surface area (Å²) >= 11 is 0. The Morgan fingerprint density at radius 1 is 1.42 bits per heavy atom. The molecule has 0 radical (unpaired) electrons. The van der Waals surface area contributed by atoms with Gasteiger partial charge >= 0.3 is 12.1 Å². The van der Waals surface area contributed by atoms with Crippen molar-refractivity contribution in [3.63, 3.8) is 0 Å². The molecule has 5 nitrogen and oxygen atoms in total. The van der Waals surface area contributed by atoms with Gasteiger partial charge in [0, 0.05) is 5.57 Å². The van der Waals surface area contributed by atoms with Crippen LogP contribution in [0.1, 0.15) is 20.8 Å². The van der Waals surface area contributed by atoms with E-state index in [-0.39, 0.29) is 0 Å². The molecular formula is C12H17F2NO4. The van der Waals surface area contributed by atoms with Crippen molar-refractivity contribution in [3.8, 4) is 0 Å². The monoisotopic (exact) mass is 277 g/mol. The van der Waals surface area contributed by atoms with Crippen molar-refractivity contribution in [1.82, 2.24) is 5.32 Å². The van der Waals surface area contributed by atoms with Crippen LogP contribution in [0.25, 0.3) is 0 Å². The Labute approximate surface area is 109 Å². The summed E-state index contributed by atoms with van der Waals surface area (Å²) in [5, 5.41) is 2.10. The molecule has 0 aromatic heterocycles. The van der Waals surface area contributed by atoms with Crippen molar-refractivity contribution >= 4 is 12.1 Å². The number of alkyl halides is 2. The van der Waals surface area contributed by atoms with E-state index in [1.807, 2.05) is 0 Å². The molecule has 0 unspecified atom stereocenters. The summed E-state index contributed by atoms with van der Waals surface area (Å²) < 4.78 is 35.8. The van der Waals surface area contributed by atoms with Crippen LogP contribution in [0.3, 0.4) is 0 Å². The van der Waals surface area contributed by atoms with Crippen LogP contribution in [0.5, 0.6) is 0 Å². The van der Waals surface area contributed by atoms with Gasteiger partial charge < -0.3 is 14.8 Å². The topological polar surface area (TPSA) is 64.6 Å². The molecule has 1 fully saturated rings. The van der Waals surface area contributed by atoms with E-state index in [4.69, 9.17) is 4.74 Å². The van der Waals surface area contributed by atoms with Gasteiger partial charge in [-0.15, -0.1) is 0 Å². The Hall–Kier alpha value is -1.66. The second-order valence-electron chi connectivity index (χ2n) is 5.27. The Morgan fingerprint density at radius 2 is 1.89 bits per heavy atom. The van der Waals surface area contributed by atoms with Crippen LogP contribution in [0, 0.1) is 5.92 Å². The van der Waals surface area contributed by atoms with E-state index >= 15 is 0 Å². The number of hydrogen-bond donors (Lipinski definition) is 1. The van der Waals surface area contributed by atoms with Crippen LogP contribution in [-0.2, 0) is 14.3 Å². The van der Waals surface area contributed by atoms with Gasteiger partial charge in [-0.3, -0.25) is 0 Å². The van der Waals surface area contributed by atoms with Crippen molar-refractivity contribution in [2.75, 3.05) is 7.11 Å². The van der Waals surface area contributed by atoms with Gasteiger partial charge in [-0.25, -0.2) is 18.4 Å². The molecule has 2 atom stereocenters. The summed E-state index contributed by atoms with van der Waals surface area (Å²) in [7, 11) is 1.05. The third-order valence-corrected chi connectivity index (χ3v) is 2.57. The molecule has 19 heavy (non-hydrogen) atoms. The number of amides is 1. The average Bonchev–Trinajstić information content (AvgIpc) is 2.71. The van der Waals surface area contributed by atoms with Crippen molar-refractivity contribution in [2.45, 2.75) is 38.3 Å². The maximum absolute atomic E-state index is 13.2. The third-order valence-electron chi connectivity index (χ3n) is 2.57. The fraction of sp³-hybridized carbons (Fsp3) is 0.667. The number of nitrogens with one attached hydrogen (secondary N) is 1. The first-order valence-corrected chi connectivity index (χ1v) is 5.65. The predicted molar refractivity (Wildman–Crippen MR) is 62.8 cm³/mol. The zero-order valence-electron chi connectivity index (χ0n) is 11.3.